The lowest BCUT2D eigenvalue weighted by Crippen LogP contribution is -2.15. The number of hydrogen-bond acceptors (Lipinski definition) is 2. The smallest absolute Gasteiger partial charge is 0.416 e. The van der Waals surface area contributed by atoms with Crippen molar-refractivity contribution in [3.05, 3.63) is 106 Å². The van der Waals surface area contributed by atoms with Gasteiger partial charge in [0.05, 0.1) is 11.1 Å². The summed E-state index contributed by atoms with van der Waals surface area (Å²) in [4.78, 5) is 25.6. The van der Waals surface area contributed by atoms with Crippen molar-refractivity contribution in [2.75, 3.05) is 0 Å². The molecule has 0 bridgehead atoms. The van der Waals surface area contributed by atoms with Gasteiger partial charge >= 0.3 is 12.1 Å². The number of fused-ring (bicyclic) bond motifs is 1. The Morgan fingerprint density at radius 2 is 1.62 bits per heavy atom. The highest BCUT2D eigenvalue weighted by Gasteiger charge is 2.31. The van der Waals surface area contributed by atoms with E-state index in [-0.39, 0.29) is 23.4 Å². The molecule has 0 fully saturated rings. The molecule has 0 saturated heterocycles. The second-order valence-corrected chi connectivity index (χ2v) is 7.53. The Morgan fingerprint density at radius 1 is 0.938 bits per heavy atom. The summed E-state index contributed by atoms with van der Waals surface area (Å²) in [7, 11) is 0. The number of carboxylic acids is 1. The van der Waals surface area contributed by atoms with Gasteiger partial charge in [-0.05, 0) is 30.7 Å². The molecule has 0 radical (unpaired) electrons. The number of para-hydroxylation sites is 1. The van der Waals surface area contributed by atoms with Crippen LogP contribution < -0.4 is 0 Å². The fourth-order valence-corrected chi connectivity index (χ4v) is 3.80. The third kappa shape index (κ3) is 3.89. The van der Waals surface area contributed by atoms with Crippen LogP contribution in [-0.4, -0.2) is 21.4 Å². The molecule has 4 nitrogen and oxygen atoms in total. The summed E-state index contributed by atoms with van der Waals surface area (Å²) in [6.45, 7) is 1.74. The van der Waals surface area contributed by atoms with E-state index in [1.54, 1.807) is 48.5 Å². The number of nitrogens with zero attached hydrogens (tertiary/aromatic N) is 1. The lowest BCUT2D eigenvalue weighted by Gasteiger charge is -2.12. The molecule has 4 aromatic rings. The first-order chi connectivity index (χ1) is 15.2. The third-order valence-corrected chi connectivity index (χ3v) is 5.31. The average Bonchev–Trinajstić information content (AvgIpc) is 3.08. The number of rotatable bonds is 5. The molecule has 3 aromatic carbocycles. The molecule has 32 heavy (non-hydrogen) atoms. The number of aromatic nitrogens is 1. The van der Waals surface area contributed by atoms with Crippen molar-refractivity contribution < 1.29 is 27.9 Å². The van der Waals surface area contributed by atoms with Crippen molar-refractivity contribution in [1.82, 2.24) is 4.57 Å². The highest BCUT2D eigenvalue weighted by molar-refractivity contribution is 6.21. The van der Waals surface area contributed by atoms with Gasteiger partial charge in [-0.15, -0.1) is 0 Å². The molecule has 1 aromatic heterocycles. The highest BCUT2D eigenvalue weighted by Crippen LogP contribution is 2.32. The van der Waals surface area contributed by atoms with Gasteiger partial charge in [-0.25, -0.2) is 4.79 Å². The standard InChI is InChI=1S/C25H18F3NO3/c1-15-9-11-17(12-10-15)23(30)21-19-7-2-3-8-20(19)29(22(21)24(31)32)14-16-5-4-6-18(13-16)25(26,27)28/h2-13H,14H2,1H3,(H,31,32). The number of alkyl halides is 3. The maximum atomic E-state index is 13.3. The van der Waals surface area contributed by atoms with E-state index in [2.05, 4.69) is 0 Å². The van der Waals surface area contributed by atoms with E-state index in [1.807, 2.05) is 6.92 Å². The van der Waals surface area contributed by atoms with Crippen LogP contribution in [0.25, 0.3) is 10.9 Å². The largest absolute Gasteiger partial charge is 0.477 e. The summed E-state index contributed by atoms with van der Waals surface area (Å²) in [6.07, 6.45) is -4.52. The number of carboxylic acid groups (broad SMARTS) is 1. The summed E-state index contributed by atoms with van der Waals surface area (Å²) < 4.78 is 40.8. The van der Waals surface area contributed by atoms with E-state index >= 15 is 0 Å². The Bertz CT molecular complexity index is 1340. The number of hydrogen-bond donors (Lipinski definition) is 1. The van der Waals surface area contributed by atoms with Gasteiger partial charge in [0.25, 0.3) is 0 Å². The number of carbonyl (C=O) groups is 2. The van der Waals surface area contributed by atoms with E-state index in [4.69, 9.17) is 0 Å². The summed E-state index contributed by atoms with van der Waals surface area (Å²) in [5.41, 5.74) is 0.958. The molecule has 0 atom stereocenters. The van der Waals surface area contributed by atoms with Gasteiger partial charge < -0.3 is 9.67 Å². The van der Waals surface area contributed by atoms with Gasteiger partial charge in [0.1, 0.15) is 5.69 Å². The summed E-state index contributed by atoms with van der Waals surface area (Å²) in [6, 6.07) is 18.2. The molecule has 0 amide bonds. The molecule has 0 unspecified atom stereocenters. The van der Waals surface area contributed by atoms with Crippen LogP contribution in [0.5, 0.6) is 0 Å². The molecule has 0 aliphatic carbocycles. The Balaban J connectivity index is 1.91. The van der Waals surface area contributed by atoms with Crippen molar-refractivity contribution in [2.24, 2.45) is 0 Å². The number of halogens is 3. The number of ketones is 1. The monoisotopic (exact) mass is 437 g/mol. The minimum Gasteiger partial charge on any atom is -0.477 e. The van der Waals surface area contributed by atoms with Crippen molar-refractivity contribution in [2.45, 2.75) is 19.6 Å². The molecule has 4 rings (SSSR count). The fraction of sp³-hybridized carbons (Fsp3) is 0.120. The van der Waals surface area contributed by atoms with Crippen molar-refractivity contribution in [1.29, 1.82) is 0 Å². The number of carbonyl (C=O) groups excluding carboxylic acids is 1. The van der Waals surface area contributed by atoms with Crippen LogP contribution >= 0.6 is 0 Å². The number of aryl methyl sites for hydroxylation is 1. The van der Waals surface area contributed by atoms with Crippen LogP contribution in [0, 0.1) is 6.92 Å². The topological polar surface area (TPSA) is 59.3 Å². The van der Waals surface area contributed by atoms with Crippen LogP contribution in [0.4, 0.5) is 13.2 Å². The third-order valence-electron chi connectivity index (χ3n) is 5.31. The minimum atomic E-state index is -4.52. The van der Waals surface area contributed by atoms with Gasteiger partial charge in [0, 0.05) is 23.0 Å². The van der Waals surface area contributed by atoms with Crippen LogP contribution in [0.3, 0.4) is 0 Å². The molecule has 0 aliphatic heterocycles. The van der Waals surface area contributed by atoms with E-state index in [0.717, 1.165) is 17.7 Å². The average molecular weight is 437 g/mol. The molecular weight excluding hydrogens is 419 g/mol. The predicted octanol–water partition coefficient (Wildman–Crippen LogP) is 5.95. The Labute approximate surface area is 181 Å². The van der Waals surface area contributed by atoms with Crippen molar-refractivity contribution >= 4 is 22.7 Å². The zero-order chi connectivity index (χ0) is 23.0. The van der Waals surface area contributed by atoms with Crippen LogP contribution in [0.15, 0.2) is 72.8 Å². The predicted molar refractivity (Wildman–Crippen MR) is 114 cm³/mol. The number of aromatic carboxylic acids is 1. The Kier molecular flexibility index (Phi) is 5.34. The van der Waals surface area contributed by atoms with Crippen molar-refractivity contribution in [3.8, 4) is 0 Å². The van der Waals surface area contributed by atoms with Gasteiger partial charge in [0.2, 0.25) is 0 Å². The minimum absolute atomic E-state index is 0.0175. The zero-order valence-electron chi connectivity index (χ0n) is 17.0. The van der Waals surface area contributed by atoms with Gasteiger partial charge in [0.15, 0.2) is 5.78 Å². The normalized spacial score (nSPS) is 11.6. The fourth-order valence-electron chi connectivity index (χ4n) is 3.80. The Hall–Kier alpha value is -3.87. The first-order valence-corrected chi connectivity index (χ1v) is 9.79. The summed E-state index contributed by atoms with van der Waals surface area (Å²) in [5, 5.41) is 10.4. The molecule has 0 spiro atoms. The summed E-state index contributed by atoms with van der Waals surface area (Å²) in [5.74, 6) is -1.79. The van der Waals surface area contributed by atoms with Gasteiger partial charge in [-0.1, -0.05) is 60.2 Å². The zero-order valence-corrected chi connectivity index (χ0v) is 17.0. The highest BCUT2D eigenvalue weighted by atomic mass is 19.4. The van der Waals surface area contributed by atoms with E-state index in [0.29, 0.717) is 16.5 Å². The first-order valence-electron chi connectivity index (χ1n) is 9.79. The Morgan fingerprint density at radius 3 is 2.28 bits per heavy atom. The van der Waals surface area contributed by atoms with E-state index < -0.39 is 23.5 Å². The molecular formula is C25H18F3NO3. The molecule has 1 N–H and O–H groups in total. The molecule has 7 heteroatoms. The van der Waals surface area contributed by atoms with E-state index in [1.165, 1.54) is 16.7 Å². The molecule has 1 heterocycles. The maximum Gasteiger partial charge on any atom is 0.416 e. The first kappa shape index (κ1) is 21.4. The second-order valence-electron chi connectivity index (χ2n) is 7.53. The quantitative estimate of drug-likeness (QED) is 0.393. The molecule has 0 saturated carbocycles. The lowest BCUT2D eigenvalue weighted by molar-refractivity contribution is -0.137. The van der Waals surface area contributed by atoms with Gasteiger partial charge in [-0.2, -0.15) is 13.2 Å². The van der Waals surface area contributed by atoms with E-state index in [9.17, 15) is 27.9 Å². The summed E-state index contributed by atoms with van der Waals surface area (Å²) >= 11 is 0. The molecule has 162 valence electrons. The second kappa shape index (κ2) is 8.00. The van der Waals surface area contributed by atoms with Crippen LogP contribution in [-0.2, 0) is 12.7 Å². The SMILES string of the molecule is Cc1ccc(C(=O)c2c(C(=O)O)n(Cc3cccc(C(F)(F)F)c3)c3ccccc23)cc1. The molecule has 0 aliphatic rings. The van der Waals surface area contributed by atoms with Gasteiger partial charge in [-0.3, -0.25) is 4.79 Å². The maximum absolute atomic E-state index is 13.3. The van der Waals surface area contributed by atoms with Crippen LogP contribution in [0.1, 0.15) is 43.1 Å². The van der Waals surface area contributed by atoms with Crippen molar-refractivity contribution in [3.63, 3.8) is 0 Å². The number of benzene rings is 3. The van der Waals surface area contributed by atoms with Crippen LogP contribution in [0.2, 0.25) is 0 Å². The lowest BCUT2D eigenvalue weighted by atomic mass is 9.99.